The van der Waals surface area contributed by atoms with Crippen molar-refractivity contribution in [3.63, 3.8) is 0 Å². The van der Waals surface area contributed by atoms with E-state index in [4.69, 9.17) is 19.9 Å². The van der Waals surface area contributed by atoms with E-state index in [1.807, 2.05) is 12.1 Å². The molecule has 0 aromatic heterocycles. The summed E-state index contributed by atoms with van der Waals surface area (Å²) < 4.78 is 16.1. The van der Waals surface area contributed by atoms with Gasteiger partial charge in [-0.2, -0.15) is 0 Å². The third kappa shape index (κ3) is 6.19. The summed E-state index contributed by atoms with van der Waals surface area (Å²) in [6, 6.07) is 11.8. The van der Waals surface area contributed by atoms with Crippen molar-refractivity contribution in [1.29, 1.82) is 0 Å². The van der Waals surface area contributed by atoms with E-state index >= 15 is 0 Å². The fourth-order valence-corrected chi connectivity index (χ4v) is 2.72. The second kappa shape index (κ2) is 11.6. The number of hydrogen-bond donors (Lipinski definition) is 2. The monoisotopic (exact) mass is 499 g/mol. The molecular formula is C21H30IN3O3. The first-order valence-electron chi connectivity index (χ1n) is 8.98. The van der Waals surface area contributed by atoms with Gasteiger partial charge in [-0.15, -0.1) is 24.0 Å². The van der Waals surface area contributed by atoms with Gasteiger partial charge in [0.15, 0.2) is 5.96 Å². The summed E-state index contributed by atoms with van der Waals surface area (Å²) in [5.74, 6) is 2.80. The molecule has 0 aliphatic heterocycles. The molecule has 1 unspecified atom stereocenters. The van der Waals surface area contributed by atoms with E-state index < -0.39 is 0 Å². The lowest BCUT2D eigenvalue weighted by molar-refractivity contribution is 0.369. The minimum absolute atomic E-state index is 0. The first kappa shape index (κ1) is 23.9. The number of benzene rings is 2. The van der Waals surface area contributed by atoms with E-state index in [2.05, 4.69) is 36.3 Å². The second-order valence-corrected chi connectivity index (χ2v) is 6.27. The molecule has 0 radical (unpaired) electrons. The summed E-state index contributed by atoms with van der Waals surface area (Å²) in [5, 5.41) is 3.12. The summed E-state index contributed by atoms with van der Waals surface area (Å²) >= 11 is 0. The molecule has 0 fully saturated rings. The molecule has 0 saturated heterocycles. The maximum Gasteiger partial charge on any atom is 0.193 e. The Bertz CT molecular complexity index is 754. The van der Waals surface area contributed by atoms with Crippen LogP contribution in [0.2, 0.25) is 0 Å². The molecule has 0 aliphatic rings. The molecule has 28 heavy (non-hydrogen) atoms. The second-order valence-electron chi connectivity index (χ2n) is 6.27. The van der Waals surface area contributed by atoms with Crippen LogP contribution in [0.15, 0.2) is 41.4 Å². The minimum Gasteiger partial charge on any atom is -0.496 e. The minimum atomic E-state index is 0. The number of nitrogens with zero attached hydrogens (tertiary/aromatic N) is 1. The Labute approximate surface area is 184 Å². The number of aliphatic imine (C=N–C) groups is 1. The fraction of sp³-hybridized carbons (Fsp3) is 0.381. The molecule has 6 nitrogen and oxygen atoms in total. The fourth-order valence-electron chi connectivity index (χ4n) is 2.72. The summed E-state index contributed by atoms with van der Waals surface area (Å²) in [6.07, 6.45) is 1.11. The van der Waals surface area contributed by atoms with Crippen LogP contribution in [0.25, 0.3) is 0 Å². The molecule has 0 heterocycles. The number of nitrogens with one attached hydrogen (secondary N) is 1. The zero-order chi connectivity index (χ0) is 19.8. The van der Waals surface area contributed by atoms with Crippen LogP contribution in [-0.4, -0.2) is 27.3 Å². The predicted octanol–water partition coefficient (Wildman–Crippen LogP) is 4.77. The third-order valence-electron chi connectivity index (χ3n) is 4.59. The van der Waals surface area contributed by atoms with Gasteiger partial charge in [0.05, 0.1) is 33.4 Å². The van der Waals surface area contributed by atoms with Crippen LogP contribution in [0, 0.1) is 0 Å². The van der Waals surface area contributed by atoms with E-state index in [-0.39, 0.29) is 24.0 Å². The van der Waals surface area contributed by atoms with Gasteiger partial charge < -0.3 is 25.3 Å². The van der Waals surface area contributed by atoms with Crippen molar-refractivity contribution in [3.05, 3.63) is 47.5 Å². The molecule has 2 aromatic carbocycles. The largest absolute Gasteiger partial charge is 0.496 e. The summed E-state index contributed by atoms with van der Waals surface area (Å²) in [7, 11) is 4.80. The summed E-state index contributed by atoms with van der Waals surface area (Å²) in [6.45, 7) is 4.72. The Balaban J connectivity index is 0.00000392. The van der Waals surface area contributed by atoms with Crippen LogP contribution in [0.5, 0.6) is 17.2 Å². The van der Waals surface area contributed by atoms with Crippen molar-refractivity contribution in [1.82, 2.24) is 0 Å². The van der Waals surface area contributed by atoms with Crippen molar-refractivity contribution in [3.8, 4) is 17.2 Å². The van der Waals surface area contributed by atoms with Crippen LogP contribution >= 0.6 is 24.0 Å². The molecule has 3 N–H and O–H groups in total. The Morgan fingerprint density at radius 3 is 2.07 bits per heavy atom. The van der Waals surface area contributed by atoms with Gasteiger partial charge in [-0.1, -0.05) is 26.0 Å². The number of guanidine groups is 1. The number of ether oxygens (including phenoxy) is 3. The van der Waals surface area contributed by atoms with Gasteiger partial charge in [0.2, 0.25) is 0 Å². The van der Waals surface area contributed by atoms with Gasteiger partial charge in [0, 0.05) is 17.8 Å². The molecule has 0 amide bonds. The van der Waals surface area contributed by atoms with E-state index in [9.17, 15) is 0 Å². The van der Waals surface area contributed by atoms with Gasteiger partial charge in [-0.05, 0) is 30.0 Å². The molecule has 1 atom stereocenters. The van der Waals surface area contributed by atoms with E-state index in [0.717, 1.165) is 17.7 Å². The van der Waals surface area contributed by atoms with E-state index in [0.29, 0.717) is 35.7 Å². The first-order valence-corrected chi connectivity index (χ1v) is 8.98. The highest BCUT2D eigenvalue weighted by Crippen LogP contribution is 2.34. The van der Waals surface area contributed by atoms with Crippen molar-refractivity contribution in [2.45, 2.75) is 32.7 Å². The van der Waals surface area contributed by atoms with Crippen LogP contribution < -0.4 is 25.3 Å². The molecule has 0 spiro atoms. The van der Waals surface area contributed by atoms with Gasteiger partial charge in [0.25, 0.3) is 0 Å². The van der Waals surface area contributed by atoms with Gasteiger partial charge in [-0.25, -0.2) is 4.99 Å². The van der Waals surface area contributed by atoms with Gasteiger partial charge in [0.1, 0.15) is 17.2 Å². The normalized spacial score (nSPS) is 12.0. The molecule has 7 heteroatoms. The lowest BCUT2D eigenvalue weighted by Gasteiger charge is -2.14. The van der Waals surface area contributed by atoms with Crippen molar-refractivity contribution >= 4 is 35.6 Å². The van der Waals surface area contributed by atoms with Gasteiger partial charge in [-0.3, -0.25) is 0 Å². The number of anilines is 1. The Morgan fingerprint density at radius 1 is 1.04 bits per heavy atom. The number of rotatable bonds is 8. The SMILES string of the molecule is CCC(C)c1ccc(NC(N)=NCc2c(OC)cc(OC)cc2OC)cc1.I. The average Bonchev–Trinajstić information content (AvgIpc) is 2.71. The van der Waals surface area contributed by atoms with Crippen molar-refractivity contribution < 1.29 is 14.2 Å². The average molecular weight is 499 g/mol. The third-order valence-corrected chi connectivity index (χ3v) is 4.59. The highest BCUT2D eigenvalue weighted by Gasteiger charge is 2.13. The topological polar surface area (TPSA) is 78.1 Å². The quantitative estimate of drug-likeness (QED) is 0.311. The molecule has 2 aromatic rings. The predicted molar refractivity (Wildman–Crippen MR) is 126 cm³/mol. The van der Waals surface area contributed by atoms with Crippen LogP contribution in [-0.2, 0) is 6.54 Å². The molecule has 2 rings (SSSR count). The maximum atomic E-state index is 6.05. The smallest absolute Gasteiger partial charge is 0.193 e. The van der Waals surface area contributed by atoms with Crippen LogP contribution in [0.4, 0.5) is 5.69 Å². The Morgan fingerprint density at radius 2 is 1.61 bits per heavy atom. The summed E-state index contributed by atoms with van der Waals surface area (Å²) in [5.41, 5.74) is 9.06. The lowest BCUT2D eigenvalue weighted by Crippen LogP contribution is -2.22. The molecule has 0 aliphatic carbocycles. The Kier molecular flexibility index (Phi) is 9.92. The number of hydrogen-bond acceptors (Lipinski definition) is 4. The first-order chi connectivity index (χ1) is 13.0. The lowest BCUT2D eigenvalue weighted by atomic mass is 9.99. The van der Waals surface area contributed by atoms with E-state index in [1.165, 1.54) is 5.56 Å². The molecular weight excluding hydrogens is 469 g/mol. The van der Waals surface area contributed by atoms with Crippen molar-refractivity contribution in [2.75, 3.05) is 26.6 Å². The Hall–Kier alpha value is -2.16. The highest BCUT2D eigenvalue weighted by molar-refractivity contribution is 14.0. The molecule has 154 valence electrons. The van der Waals surface area contributed by atoms with Crippen molar-refractivity contribution in [2.24, 2.45) is 10.7 Å². The molecule has 0 bridgehead atoms. The van der Waals surface area contributed by atoms with Crippen LogP contribution in [0.1, 0.15) is 37.3 Å². The van der Waals surface area contributed by atoms with Gasteiger partial charge >= 0.3 is 0 Å². The maximum absolute atomic E-state index is 6.05. The van der Waals surface area contributed by atoms with E-state index in [1.54, 1.807) is 33.5 Å². The highest BCUT2D eigenvalue weighted by atomic mass is 127. The number of halogens is 1. The summed E-state index contributed by atoms with van der Waals surface area (Å²) in [4.78, 5) is 4.42. The number of methoxy groups -OCH3 is 3. The zero-order valence-corrected chi connectivity index (χ0v) is 19.4. The number of nitrogens with two attached hydrogens (primary N) is 1. The molecule has 0 saturated carbocycles. The van der Waals surface area contributed by atoms with Crippen LogP contribution in [0.3, 0.4) is 0 Å². The standard InChI is InChI=1S/C21H29N3O3.HI/c1-6-14(2)15-7-9-16(10-8-15)24-21(22)23-13-18-19(26-4)11-17(25-3)12-20(18)27-5;/h7-12,14H,6,13H2,1-5H3,(H3,22,23,24);1H. The zero-order valence-electron chi connectivity index (χ0n) is 17.1.